The van der Waals surface area contributed by atoms with Crippen LogP contribution in [0.15, 0.2) is 78.9 Å². The molecule has 0 saturated carbocycles. The number of rotatable bonds is 7. The van der Waals surface area contributed by atoms with Crippen molar-refractivity contribution in [1.82, 2.24) is 5.32 Å². The summed E-state index contributed by atoms with van der Waals surface area (Å²) in [6, 6.07) is 25.2. The normalized spacial score (nSPS) is 11.7. The summed E-state index contributed by atoms with van der Waals surface area (Å²) in [5.41, 5.74) is 3.99. The minimum absolute atomic E-state index is 0.0822. The zero-order valence-electron chi connectivity index (χ0n) is 16.5. The number of benzene rings is 3. The molecule has 4 heteroatoms. The van der Waals surface area contributed by atoms with E-state index in [4.69, 9.17) is 4.74 Å². The number of carbonyl (C=O) groups is 1. The molecule has 0 bridgehead atoms. The van der Waals surface area contributed by atoms with Crippen LogP contribution in [0, 0.1) is 6.92 Å². The molecule has 0 spiro atoms. The topological polar surface area (TPSA) is 50.4 Å². The van der Waals surface area contributed by atoms with E-state index in [1.807, 2.05) is 92.7 Å². The summed E-state index contributed by atoms with van der Waals surface area (Å²) >= 11 is 0. The highest BCUT2D eigenvalue weighted by molar-refractivity contribution is 5.85. The monoisotopic (exact) mass is 374 g/mol. The number of methoxy groups -OCH3 is 1. The minimum Gasteiger partial charge on any atom is -0.495 e. The first-order chi connectivity index (χ1) is 13.6. The highest BCUT2D eigenvalue weighted by Crippen LogP contribution is 2.26. The molecule has 28 heavy (non-hydrogen) atoms. The number of hydrogen-bond acceptors (Lipinski definition) is 3. The zero-order valence-corrected chi connectivity index (χ0v) is 16.5. The Morgan fingerprint density at radius 1 is 0.893 bits per heavy atom. The average molecular weight is 374 g/mol. The predicted molar refractivity (Wildman–Crippen MR) is 114 cm³/mol. The smallest absolute Gasteiger partial charge is 0.242 e. The lowest BCUT2D eigenvalue weighted by Gasteiger charge is -2.23. The molecule has 2 N–H and O–H groups in total. The van der Waals surface area contributed by atoms with Crippen LogP contribution in [0.5, 0.6) is 5.75 Å². The van der Waals surface area contributed by atoms with Gasteiger partial charge in [0.2, 0.25) is 5.91 Å². The van der Waals surface area contributed by atoms with Gasteiger partial charge in [0.1, 0.15) is 11.8 Å². The minimum atomic E-state index is -0.425. The fourth-order valence-corrected chi connectivity index (χ4v) is 3.15. The maximum atomic E-state index is 13.0. The molecule has 1 atom stereocenters. The number of ether oxygens (including phenoxy) is 1. The third-order valence-electron chi connectivity index (χ3n) is 4.67. The SMILES string of the molecule is COc1ccc(C)cc1NC(C)C(=O)NC(c1ccccc1)c1ccccc1. The summed E-state index contributed by atoms with van der Waals surface area (Å²) in [4.78, 5) is 13.0. The largest absolute Gasteiger partial charge is 0.495 e. The van der Waals surface area contributed by atoms with Gasteiger partial charge in [-0.2, -0.15) is 0 Å². The van der Waals surface area contributed by atoms with Crippen molar-refractivity contribution in [3.63, 3.8) is 0 Å². The van der Waals surface area contributed by atoms with E-state index in [0.717, 1.165) is 22.4 Å². The molecular formula is C24H26N2O2. The van der Waals surface area contributed by atoms with E-state index in [2.05, 4.69) is 10.6 Å². The number of carbonyl (C=O) groups excluding carboxylic acids is 1. The quantitative estimate of drug-likeness (QED) is 0.630. The summed E-state index contributed by atoms with van der Waals surface area (Å²) in [6.07, 6.45) is 0. The van der Waals surface area contributed by atoms with Crippen LogP contribution in [-0.2, 0) is 4.79 Å². The van der Waals surface area contributed by atoms with Crippen molar-refractivity contribution in [2.24, 2.45) is 0 Å². The number of anilines is 1. The third-order valence-corrected chi connectivity index (χ3v) is 4.67. The van der Waals surface area contributed by atoms with Crippen molar-refractivity contribution in [3.8, 4) is 5.75 Å². The van der Waals surface area contributed by atoms with Crippen molar-refractivity contribution < 1.29 is 9.53 Å². The molecule has 0 heterocycles. The van der Waals surface area contributed by atoms with Crippen LogP contribution in [0.3, 0.4) is 0 Å². The van der Waals surface area contributed by atoms with Gasteiger partial charge >= 0.3 is 0 Å². The van der Waals surface area contributed by atoms with Crippen LogP contribution < -0.4 is 15.4 Å². The van der Waals surface area contributed by atoms with Crippen LogP contribution in [0.2, 0.25) is 0 Å². The summed E-state index contributed by atoms with van der Waals surface area (Å²) < 4.78 is 5.41. The van der Waals surface area contributed by atoms with Gasteiger partial charge in [-0.25, -0.2) is 0 Å². The standard InChI is InChI=1S/C24H26N2O2/c1-17-14-15-22(28-3)21(16-17)25-18(2)24(27)26-23(19-10-6-4-7-11-19)20-12-8-5-9-13-20/h4-16,18,23,25H,1-3H3,(H,26,27). The molecule has 0 aliphatic rings. The van der Waals surface area contributed by atoms with Crippen molar-refractivity contribution in [1.29, 1.82) is 0 Å². The molecule has 0 saturated heterocycles. The fraction of sp³-hybridized carbons (Fsp3) is 0.208. The average Bonchev–Trinajstić information content (AvgIpc) is 2.73. The van der Waals surface area contributed by atoms with E-state index >= 15 is 0 Å². The first-order valence-corrected chi connectivity index (χ1v) is 9.40. The Balaban J connectivity index is 1.79. The van der Waals surface area contributed by atoms with Gasteiger partial charge in [-0.15, -0.1) is 0 Å². The van der Waals surface area contributed by atoms with E-state index < -0.39 is 6.04 Å². The van der Waals surface area contributed by atoms with Gasteiger partial charge in [-0.05, 0) is 42.7 Å². The second kappa shape index (κ2) is 9.09. The molecule has 3 aromatic rings. The Kier molecular flexibility index (Phi) is 6.33. The first kappa shape index (κ1) is 19.5. The van der Waals surface area contributed by atoms with Gasteiger partial charge in [-0.1, -0.05) is 66.7 Å². The number of amides is 1. The molecule has 4 nitrogen and oxygen atoms in total. The van der Waals surface area contributed by atoms with E-state index in [1.54, 1.807) is 7.11 Å². The number of hydrogen-bond donors (Lipinski definition) is 2. The molecule has 0 radical (unpaired) electrons. The molecular weight excluding hydrogens is 348 g/mol. The molecule has 3 aromatic carbocycles. The molecule has 1 amide bonds. The molecule has 0 fully saturated rings. The third kappa shape index (κ3) is 4.71. The van der Waals surface area contributed by atoms with E-state index in [1.165, 1.54) is 0 Å². The lowest BCUT2D eigenvalue weighted by Crippen LogP contribution is -2.40. The van der Waals surface area contributed by atoms with Crippen molar-refractivity contribution in [2.75, 3.05) is 12.4 Å². The second-order valence-electron chi connectivity index (χ2n) is 6.83. The first-order valence-electron chi connectivity index (χ1n) is 9.40. The maximum Gasteiger partial charge on any atom is 0.242 e. The Hall–Kier alpha value is -3.27. The highest BCUT2D eigenvalue weighted by Gasteiger charge is 2.21. The van der Waals surface area contributed by atoms with Gasteiger partial charge in [0.15, 0.2) is 0 Å². The van der Waals surface area contributed by atoms with Crippen LogP contribution in [0.25, 0.3) is 0 Å². The Bertz CT molecular complexity index is 871. The highest BCUT2D eigenvalue weighted by atomic mass is 16.5. The number of aryl methyl sites for hydroxylation is 1. The molecule has 0 aliphatic carbocycles. The van der Waals surface area contributed by atoms with E-state index in [-0.39, 0.29) is 11.9 Å². The molecule has 0 aliphatic heterocycles. The molecule has 1 unspecified atom stereocenters. The van der Waals surface area contributed by atoms with Crippen molar-refractivity contribution in [2.45, 2.75) is 25.9 Å². The van der Waals surface area contributed by atoms with Crippen LogP contribution in [-0.4, -0.2) is 19.1 Å². The fourth-order valence-electron chi connectivity index (χ4n) is 3.15. The summed E-state index contributed by atoms with van der Waals surface area (Å²) in [5.74, 6) is 0.634. The van der Waals surface area contributed by atoms with Gasteiger partial charge in [0, 0.05) is 0 Å². The molecule has 0 aromatic heterocycles. The Morgan fingerprint density at radius 3 is 2.00 bits per heavy atom. The zero-order chi connectivity index (χ0) is 19.9. The Labute approximate surface area is 166 Å². The number of nitrogens with one attached hydrogen (secondary N) is 2. The van der Waals surface area contributed by atoms with Gasteiger partial charge in [0.05, 0.1) is 18.8 Å². The Morgan fingerprint density at radius 2 is 1.46 bits per heavy atom. The van der Waals surface area contributed by atoms with Crippen LogP contribution in [0.1, 0.15) is 29.7 Å². The van der Waals surface area contributed by atoms with Crippen LogP contribution >= 0.6 is 0 Å². The lowest BCUT2D eigenvalue weighted by molar-refractivity contribution is -0.122. The van der Waals surface area contributed by atoms with Crippen molar-refractivity contribution in [3.05, 3.63) is 95.6 Å². The summed E-state index contributed by atoms with van der Waals surface area (Å²) in [7, 11) is 1.63. The van der Waals surface area contributed by atoms with E-state index in [0.29, 0.717) is 5.75 Å². The maximum absolute atomic E-state index is 13.0. The van der Waals surface area contributed by atoms with Gasteiger partial charge < -0.3 is 15.4 Å². The molecule has 3 rings (SSSR count). The van der Waals surface area contributed by atoms with Gasteiger partial charge in [-0.3, -0.25) is 4.79 Å². The summed E-state index contributed by atoms with van der Waals surface area (Å²) in [6.45, 7) is 3.86. The van der Waals surface area contributed by atoms with E-state index in [9.17, 15) is 4.79 Å². The van der Waals surface area contributed by atoms with Gasteiger partial charge in [0.25, 0.3) is 0 Å². The molecule has 144 valence electrons. The predicted octanol–water partition coefficient (Wildman–Crippen LogP) is 4.71. The van der Waals surface area contributed by atoms with Crippen molar-refractivity contribution >= 4 is 11.6 Å². The summed E-state index contributed by atoms with van der Waals surface area (Å²) in [5, 5.41) is 6.45. The second-order valence-corrected chi connectivity index (χ2v) is 6.83. The lowest BCUT2D eigenvalue weighted by atomic mass is 9.98. The van der Waals surface area contributed by atoms with Crippen LogP contribution in [0.4, 0.5) is 5.69 Å².